The second kappa shape index (κ2) is 8.30. The highest BCUT2D eigenvalue weighted by Gasteiger charge is 2.51. The summed E-state index contributed by atoms with van der Waals surface area (Å²) in [7, 11) is 1.34. The monoisotopic (exact) mass is 338 g/mol. The Balaban J connectivity index is 3.14. The number of halogens is 1. The van der Waals surface area contributed by atoms with Gasteiger partial charge in [-0.25, -0.2) is 0 Å². The van der Waals surface area contributed by atoms with Gasteiger partial charge in [-0.15, -0.1) is 11.6 Å². The van der Waals surface area contributed by atoms with E-state index in [2.05, 4.69) is 0 Å². The van der Waals surface area contributed by atoms with E-state index >= 15 is 0 Å². The molecular weight excluding hydrogens is 320 g/mol. The van der Waals surface area contributed by atoms with Gasteiger partial charge in [-0.1, -0.05) is 0 Å². The van der Waals surface area contributed by atoms with Gasteiger partial charge in [0.2, 0.25) is 0 Å². The lowest BCUT2D eigenvalue weighted by molar-refractivity contribution is -0.294. The van der Waals surface area contributed by atoms with Crippen LogP contribution in [0.4, 0.5) is 0 Å². The second-order valence-corrected chi connectivity index (χ2v) is 4.96. The molecule has 0 aliphatic carbocycles. The number of carbonyl (C=O) groups is 3. The number of carbonyl (C=O) groups excluding carboxylic acids is 3. The Bertz CT molecular complexity index is 396. The molecule has 8 nitrogen and oxygen atoms in total. The minimum atomic E-state index is -1.09. The molecule has 1 fully saturated rings. The number of hydrogen-bond donors (Lipinski definition) is 0. The fourth-order valence-electron chi connectivity index (χ4n) is 2.17. The van der Waals surface area contributed by atoms with Crippen molar-refractivity contribution in [2.45, 2.75) is 51.5 Å². The van der Waals surface area contributed by atoms with Crippen LogP contribution in [-0.2, 0) is 38.1 Å². The Hall–Kier alpha value is -1.38. The van der Waals surface area contributed by atoms with E-state index in [1.54, 1.807) is 0 Å². The summed E-state index contributed by atoms with van der Waals surface area (Å²) in [6.07, 6.45) is -4.99. The van der Waals surface area contributed by atoms with Crippen molar-refractivity contribution in [2.24, 2.45) is 0 Å². The molecule has 0 saturated carbocycles. The van der Waals surface area contributed by atoms with E-state index in [1.807, 2.05) is 0 Å². The number of methoxy groups -OCH3 is 1. The number of alkyl halides is 1. The van der Waals surface area contributed by atoms with Gasteiger partial charge in [0.15, 0.2) is 24.6 Å². The van der Waals surface area contributed by atoms with Crippen molar-refractivity contribution in [3.63, 3.8) is 0 Å². The summed E-state index contributed by atoms with van der Waals surface area (Å²) in [4.78, 5) is 33.9. The average Bonchev–Trinajstić information content (AvgIpc) is 2.41. The lowest BCUT2D eigenvalue weighted by Gasteiger charge is -2.43. The third-order valence-corrected chi connectivity index (χ3v) is 3.19. The third kappa shape index (κ3) is 4.82. The van der Waals surface area contributed by atoms with Crippen LogP contribution in [0.25, 0.3) is 0 Å². The van der Waals surface area contributed by atoms with E-state index in [1.165, 1.54) is 27.9 Å². The summed E-state index contributed by atoms with van der Waals surface area (Å²) in [5.41, 5.74) is 0. The molecule has 0 aromatic rings. The van der Waals surface area contributed by atoms with Crippen LogP contribution in [-0.4, -0.2) is 61.6 Å². The molecule has 5 atom stereocenters. The van der Waals surface area contributed by atoms with Gasteiger partial charge in [-0.2, -0.15) is 0 Å². The van der Waals surface area contributed by atoms with Crippen LogP contribution in [0.3, 0.4) is 0 Å². The first-order valence-corrected chi connectivity index (χ1v) is 7.09. The molecule has 0 N–H and O–H groups in total. The number of hydrogen-bond acceptors (Lipinski definition) is 8. The fraction of sp³-hybridized carbons (Fsp3) is 0.769. The van der Waals surface area contributed by atoms with Gasteiger partial charge >= 0.3 is 17.9 Å². The van der Waals surface area contributed by atoms with Crippen molar-refractivity contribution in [3.8, 4) is 0 Å². The van der Waals surface area contributed by atoms with Gasteiger partial charge in [-0.05, 0) is 0 Å². The van der Waals surface area contributed by atoms with Crippen LogP contribution in [0, 0.1) is 0 Å². The molecule has 1 rings (SSSR count). The van der Waals surface area contributed by atoms with Crippen molar-refractivity contribution in [1.29, 1.82) is 0 Å². The zero-order valence-electron chi connectivity index (χ0n) is 12.7. The van der Waals surface area contributed by atoms with Crippen LogP contribution < -0.4 is 0 Å². The maximum absolute atomic E-state index is 11.3. The predicted molar refractivity (Wildman–Crippen MR) is 73.1 cm³/mol. The van der Waals surface area contributed by atoms with Crippen LogP contribution in [0.1, 0.15) is 20.8 Å². The highest BCUT2D eigenvalue weighted by Crippen LogP contribution is 2.29. The van der Waals surface area contributed by atoms with Crippen molar-refractivity contribution >= 4 is 29.5 Å². The molecule has 0 radical (unpaired) electrons. The molecule has 0 unspecified atom stereocenters. The number of ether oxygens (including phenoxy) is 5. The van der Waals surface area contributed by atoms with Crippen molar-refractivity contribution in [3.05, 3.63) is 0 Å². The second-order valence-electron chi connectivity index (χ2n) is 4.66. The molecule has 0 amide bonds. The summed E-state index contributed by atoms with van der Waals surface area (Å²) in [5.74, 6) is -1.91. The first kappa shape index (κ1) is 18.7. The molecule has 0 aromatic carbocycles. The molecule has 1 aliphatic rings. The molecule has 0 bridgehead atoms. The molecular formula is C13H19ClO8. The smallest absolute Gasteiger partial charge is 0.303 e. The first-order valence-electron chi connectivity index (χ1n) is 6.56. The first-order chi connectivity index (χ1) is 10.3. The van der Waals surface area contributed by atoms with Gasteiger partial charge in [-0.3, -0.25) is 14.4 Å². The maximum Gasteiger partial charge on any atom is 0.303 e. The predicted octanol–water partition coefficient (Wildman–Crippen LogP) is 0.392. The average molecular weight is 339 g/mol. The van der Waals surface area contributed by atoms with E-state index in [-0.39, 0.29) is 5.88 Å². The molecule has 126 valence electrons. The van der Waals surface area contributed by atoms with Crippen molar-refractivity contribution < 1.29 is 38.1 Å². The Morgan fingerprint density at radius 1 is 0.909 bits per heavy atom. The van der Waals surface area contributed by atoms with Gasteiger partial charge in [0.25, 0.3) is 0 Å². The van der Waals surface area contributed by atoms with Crippen molar-refractivity contribution in [2.75, 3.05) is 13.0 Å². The van der Waals surface area contributed by atoms with Gasteiger partial charge in [0.05, 0.1) is 5.88 Å². The van der Waals surface area contributed by atoms with E-state index < -0.39 is 48.6 Å². The quantitative estimate of drug-likeness (QED) is 0.403. The van der Waals surface area contributed by atoms with Crippen LogP contribution in [0.2, 0.25) is 0 Å². The van der Waals surface area contributed by atoms with Crippen LogP contribution in [0.15, 0.2) is 0 Å². The Kier molecular flexibility index (Phi) is 7.05. The molecule has 1 saturated heterocycles. The summed E-state index contributed by atoms with van der Waals surface area (Å²) < 4.78 is 26.1. The number of esters is 3. The molecule has 9 heteroatoms. The highest BCUT2D eigenvalue weighted by atomic mass is 35.5. The fourth-order valence-corrected chi connectivity index (χ4v) is 2.42. The van der Waals surface area contributed by atoms with E-state index in [4.69, 9.17) is 35.3 Å². The minimum Gasteiger partial charge on any atom is -0.456 e. The van der Waals surface area contributed by atoms with Gasteiger partial charge in [0, 0.05) is 27.9 Å². The van der Waals surface area contributed by atoms with E-state index in [9.17, 15) is 14.4 Å². The summed E-state index contributed by atoms with van der Waals surface area (Å²) >= 11 is 5.82. The molecule has 22 heavy (non-hydrogen) atoms. The Labute approximate surface area is 132 Å². The third-order valence-electron chi connectivity index (χ3n) is 2.88. The summed E-state index contributed by atoms with van der Waals surface area (Å²) in [5, 5.41) is 0. The largest absolute Gasteiger partial charge is 0.456 e. The minimum absolute atomic E-state index is 0.0393. The zero-order valence-corrected chi connectivity index (χ0v) is 13.5. The van der Waals surface area contributed by atoms with Crippen LogP contribution in [0.5, 0.6) is 0 Å². The Morgan fingerprint density at radius 3 is 1.77 bits per heavy atom. The number of rotatable bonds is 5. The normalized spacial score (nSPS) is 31.2. The SMILES string of the molecule is CO[C@@H]1O[C@H](CCl)[C@@H](OC(C)=O)[C@H](OC(C)=O)[C@H]1OC(C)=O. The Morgan fingerprint density at radius 2 is 1.36 bits per heavy atom. The summed E-state index contributed by atoms with van der Waals surface area (Å²) in [6, 6.07) is 0. The van der Waals surface area contributed by atoms with Crippen LogP contribution >= 0.6 is 11.6 Å². The lowest BCUT2D eigenvalue weighted by Crippen LogP contribution is -2.62. The van der Waals surface area contributed by atoms with Gasteiger partial charge < -0.3 is 23.7 Å². The van der Waals surface area contributed by atoms with Gasteiger partial charge in [0.1, 0.15) is 6.10 Å². The van der Waals surface area contributed by atoms with E-state index in [0.717, 1.165) is 0 Å². The standard InChI is InChI=1S/C13H19ClO8/c1-6(15)19-10-9(5-14)22-13(18-4)12(21-8(3)17)11(10)20-7(2)16/h9-13H,5H2,1-4H3/t9-,10-,11+,12-,13-/m1/s1. The van der Waals surface area contributed by atoms with Crippen molar-refractivity contribution in [1.82, 2.24) is 0 Å². The molecule has 0 aromatic heterocycles. The topological polar surface area (TPSA) is 97.4 Å². The maximum atomic E-state index is 11.3. The molecule has 0 spiro atoms. The molecule has 1 aliphatic heterocycles. The zero-order chi connectivity index (χ0) is 16.9. The molecule has 1 heterocycles. The highest BCUT2D eigenvalue weighted by molar-refractivity contribution is 6.18. The summed E-state index contributed by atoms with van der Waals surface area (Å²) in [6.45, 7) is 3.56. The lowest BCUT2D eigenvalue weighted by atomic mass is 9.99. The van der Waals surface area contributed by atoms with E-state index in [0.29, 0.717) is 0 Å².